The number of aliphatic carboxylic acids is 1. The first-order valence-corrected chi connectivity index (χ1v) is 9.62. The number of halogens is 1. The van der Waals surface area contributed by atoms with Crippen LogP contribution in [0.1, 0.15) is 33.9 Å². The minimum atomic E-state index is -0.925. The monoisotopic (exact) mass is 431 g/mol. The standard InChI is InChI=1S/C20H22ClN5O4/c1-12-10-15(4-5-16(12)21)30-11-26-14(3)19(13(2)23-26)22-20(29)17-6-8-25(24-17)9-7-18(27)28/h4-6,8,10H,7,9,11H2,1-3H3,(H,22,29)(H,27,28). The Morgan fingerprint density at radius 1 is 1.20 bits per heavy atom. The van der Waals surface area contributed by atoms with Gasteiger partial charge in [0.25, 0.3) is 5.91 Å². The van der Waals surface area contributed by atoms with Gasteiger partial charge in [-0.2, -0.15) is 10.2 Å². The number of aryl methyl sites for hydroxylation is 3. The summed E-state index contributed by atoms with van der Waals surface area (Å²) in [5.74, 6) is -0.655. The zero-order chi connectivity index (χ0) is 21.8. The van der Waals surface area contributed by atoms with Gasteiger partial charge in [-0.05, 0) is 50.6 Å². The fraction of sp³-hybridized carbons (Fsp3) is 0.300. The molecule has 0 saturated carbocycles. The summed E-state index contributed by atoms with van der Waals surface area (Å²) >= 11 is 6.03. The largest absolute Gasteiger partial charge is 0.481 e. The van der Waals surface area contributed by atoms with E-state index in [0.29, 0.717) is 22.2 Å². The van der Waals surface area contributed by atoms with Crippen LogP contribution in [0.3, 0.4) is 0 Å². The number of carbonyl (C=O) groups excluding carboxylic acids is 1. The normalized spacial score (nSPS) is 10.8. The van der Waals surface area contributed by atoms with Crippen LogP contribution < -0.4 is 10.1 Å². The number of carboxylic acid groups (broad SMARTS) is 1. The molecule has 0 radical (unpaired) electrons. The zero-order valence-electron chi connectivity index (χ0n) is 16.8. The molecular weight excluding hydrogens is 410 g/mol. The second-order valence-corrected chi connectivity index (χ2v) is 7.20. The summed E-state index contributed by atoms with van der Waals surface area (Å²) in [6.45, 7) is 5.89. The van der Waals surface area contributed by atoms with E-state index in [0.717, 1.165) is 11.3 Å². The molecule has 0 saturated heterocycles. The van der Waals surface area contributed by atoms with Crippen LogP contribution in [0.2, 0.25) is 5.02 Å². The maximum atomic E-state index is 12.5. The number of carboxylic acids is 1. The van der Waals surface area contributed by atoms with E-state index in [1.54, 1.807) is 29.9 Å². The lowest BCUT2D eigenvalue weighted by atomic mass is 10.2. The predicted octanol–water partition coefficient (Wildman–Crippen LogP) is 3.42. The number of rotatable bonds is 8. The highest BCUT2D eigenvalue weighted by Gasteiger charge is 2.17. The average molecular weight is 432 g/mol. The second kappa shape index (κ2) is 9.00. The number of benzene rings is 1. The first kappa shape index (κ1) is 21.4. The number of hydrogen-bond acceptors (Lipinski definition) is 5. The van der Waals surface area contributed by atoms with E-state index in [9.17, 15) is 9.59 Å². The van der Waals surface area contributed by atoms with Crippen LogP contribution >= 0.6 is 11.6 Å². The van der Waals surface area contributed by atoms with E-state index in [2.05, 4.69) is 15.5 Å². The minimum absolute atomic E-state index is 0.0686. The van der Waals surface area contributed by atoms with Crippen LogP contribution in [0.25, 0.3) is 0 Å². The highest BCUT2D eigenvalue weighted by atomic mass is 35.5. The number of amides is 1. The number of nitrogens with zero attached hydrogens (tertiary/aromatic N) is 4. The van der Waals surface area contributed by atoms with Gasteiger partial charge in [0.2, 0.25) is 0 Å². The third-order valence-corrected chi connectivity index (χ3v) is 4.96. The Kier molecular flexibility index (Phi) is 6.41. The van der Waals surface area contributed by atoms with Crippen LogP contribution in [0.5, 0.6) is 5.75 Å². The maximum absolute atomic E-state index is 12.5. The molecule has 0 aliphatic rings. The van der Waals surface area contributed by atoms with Crippen LogP contribution in [0.4, 0.5) is 5.69 Å². The lowest BCUT2D eigenvalue weighted by Crippen LogP contribution is -2.15. The summed E-state index contributed by atoms with van der Waals surface area (Å²) in [6.07, 6.45) is 1.50. The molecule has 2 N–H and O–H groups in total. The summed E-state index contributed by atoms with van der Waals surface area (Å²) in [7, 11) is 0. The number of carbonyl (C=O) groups is 2. The van der Waals surface area contributed by atoms with E-state index >= 15 is 0 Å². The summed E-state index contributed by atoms with van der Waals surface area (Å²) in [6, 6.07) is 6.94. The fourth-order valence-corrected chi connectivity index (χ4v) is 2.96. The van der Waals surface area contributed by atoms with Crippen molar-refractivity contribution in [2.24, 2.45) is 0 Å². The number of aromatic nitrogens is 4. The Balaban J connectivity index is 1.67. The first-order valence-electron chi connectivity index (χ1n) is 9.24. The Hall–Kier alpha value is -3.33. The molecule has 3 rings (SSSR count). The molecule has 0 aliphatic carbocycles. The third kappa shape index (κ3) is 4.98. The SMILES string of the molecule is Cc1cc(OCn2nc(C)c(NC(=O)c3ccn(CCC(=O)O)n3)c2C)ccc1Cl. The maximum Gasteiger partial charge on any atom is 0.305 e. The molecule has 1 amide bonds. The van der Waals surface area contributed by atoms with Crippen LogP contribution in [0, 0.1) is 20.8 Å². The van der Waals surface area contributed by atoms with Gasteiger partial charge in [-0.25, -0.2) is 4.68 Å². The molecule has 0 fully saturated rings. The van der Waals surface area contributed by atoms with Gasteiger partial charge in [0, 0.05) is 11.2 Å². The summed E-state index contributed by atoms with van der Waals surface area (Å²) in [5, 5.41) is 20.8. The van der Waals surface area contributed by atoms with E-state index in [4.69, 9.17) is 21.4 Å². The average Bonchev–Trinajstić information content (AvgIpc) is 3.27. The molecule has 0 aliphatic heterocycles. The summed E-state index contributed by atoms with van der Waals surface area (Å²) in [4.78, 5) is 23.2. The van der Waals surface area contributed by atoms with Crippen molar-refractivity contribution in [1.82, 2.24) is 19.6 Å². The Labute approximate surface area is 178 Å². The molecule has 0 atom stereocenters. The van der Waals surface area contributed by atoms with Crippen molar-refractivity contribution in [3.8, 4) is 5.75 Å². The van der Waals surface area contributed by atoms with Crippen LogP contribution in [-0.4, -0.2) is 36.5 Å². The van der Waals surface area contributed by atoms with E-state index in [-0.39, 0.29) is 25.4 Å². The van der Waals surface area contributed by atoms with Gasteiger partial charge in [-0.3, -0.25) is 14.3 Å². The lowest BCUT2D eigenvalue weighted by molar-refractivity contribution is -0.137. The van der Waals surface area contributed by atoms with E-state index < -0.39 is 11.9 Å². The molecule has 3 aromatic rings. The molecular formula is C20H22ClN5O4. The van der Waals surface area contributed by atoms with Gasteiger partial charge < -0.3 is 15.2 Å². The van der Waals surface area contributed by atoms with E-state index in [1.807, 2.05) is 19.9 Å². The van der Waals surface area contributed by atoms with Crippen molar-refractivity contribution < 1.29 is 19.4 Å². The molecule has 10 heteroatoms. The Morgan fingerprint density at radius 3 is 2.67 bits per heavy atom. The topological polar surface area (TPSA) is 111 Å². The summed E-state index contributed by atoms with van der Waals surface area (Å²) in [5.41, 5.74) is 3.06. The molecule has 30 heavy (non-hydrogen) atoms. The molecule has 0 spiro atoms. The van der Waals surface area contributed by atoms with Crippen molar-refractivity contribution in [2.45, 2.75) is 40.5 Å². The van der Waals surface area contributed by atoms with Gasteiger partial charge in [0.15, 0.2) is 12.4 Å². The number of anilines is 1. The van der Waals surface area contributed by atoms with Crippen LogP contribution in [-0.2, 0) is 18.1 Å². The quantitative estimate of drug-likeness (QED) is 0.565. The molecule has 1 aromatic carbocycles. The highest BCUT2D eigenvalue weighted by Crippen LogP contribution is 2.23. The van der Waals surface area contributed by atoms with Gasteiger partial charge in [-0.1, -0.05) is 11.6 Å². The van der Waals surface area contributed by atoms with Crippen molar-refractivity contribution in [2.75, 3.05) is 5.32 Å². The van der Waals surface area contributed by atoms with Crippen molar-refractivity contribution >= 4 is 29.2 Å². The van der Waals surface area contributed by atoms with Gasteiger partial charge in [0.05, 0.1) is 30.0 Å². The fourth-order valence-electron chi connectivity index (χ4n) is 2.84. The zero-order valence-corrected chi connectivity index (χ0v) is 17.6. The number of ether oxygens (including phenoxy) is 1. The van der Waals surface area contributed by atoms with Gasteiger partial charge in [0.1, 0.15) is 5.75 Å². The van der Waals surface area contributed by atoms with Crippen LogP contribution in [0.15, 0.2) is 30.5 Å². The van der Waals surface area contributed by atoms with Gasteiger partial charge >= 0.3 is 5.97 Å². The summed E-state index contributed by atoms with van der Waals surface area (Å²) < 4.78 is 8.86. The smallest absolute Gasteiger partial charge is 0.305 e. The molecule has 2 aromatic heterocycles. The first-order chi connectivity index (χ1) is 14.2. The lowest BCUT2D eigenvalue weighted by Gasteiger charge is -2.09. The highest BCUT2D eigenvalue weighted by molar-refractivity contribution is 6.31. The van der Waals surface area contributed by atoms with E-state index in [1.165, 1.54) is 10.7 Å². The Morgan fingerprint density at radius 2 is 1.97 bits per heavy atom. The number of hydrogen-bond donors (Lipinski definition) is 2. The van der Waals surface area contributed by atoms with Crippen molar-refractivity contribution in [1.29, 1.82) is 0 Å². The van der Waals surface area contributed by atoms with Gasteiger partial charge in [-0.15, -0.1) is 0 Å². The third-order valence-electron chi connectivity index (χ3n) is 4.53. The molecule has 0 bridgehead atoms. The molecule has 0 unspecified atom stereocenters. The molecule has 9 nitrogen and oxygen atoms in total. The second-order valence-electron chi connectivity index (χ2n) is 6.79. The minimum Gasteiger partial charge on any atom is -0.481 e. The molecule has 158 valence electrons. The molecule has 2 heterocycles. The Bertz CT molecular complexity index is 1090. The van der Waals surface area contributed by atoms with Crippen molar-refractivity contribution in [3.05, 3.63) is 58.1 Å². The predicted molar refractivity (Wildman–Crippen MR) is 111 cm³/mol. The number of nitrogens with one attached hydrogen (secondary N) is 1. The van der Waals surface area contributed by atoms with Crippen molar-refractivity contribution in [3.63, 3.8) is 0 Å².